The van der Waals surface area contributed by atoms with E-state index < -0.39 is 0 Å². The van der Waals surface area contributed by atoms with Crippen molar-refractivity contribution in [3.63, 3.8) is 0 Å². The van der Waals surface area contributed by atoms with Gasteiger partial charge in [-0.2, -0.15) is 0 Å². The lowest BCUT2D eigenvalue weighted by Crippen LogP contribution is -2.51. The van der Waals surface area contributed by atoms with Crippen LogP contribution in [0.3, 0.4) is 0 Å². The van der Waals surface area contributed by atoms with Crippen molar-refractivity contribution < 1.29 is 9.84 Å². The van der Waals surface area contributed by atoms with Gasteiger partial charge < -0.3 is 9.84 Å². The summed E-state index contributed by atoms with van der Waals surface area (Å²) in [5.41, 5.74) is 0.920. The maximum atomic E-state index is 10.00. The topological polar surface area (TPSA) is 29.5 Å². The molecule has 20 heavy (non-hydrogen) atoms. The third-order valence-electron chi connectivity index (χ3n) is 7.11. The molecular formula is C18H32O2. The molecule has 0 amide bonds. The molecule has 0 aromatic carbocycles. The van der Waals surface area contributed by atoms with Crippen LogP contribution in [0.5, 0.6) is 0 Å². The zero-order chi connectivity index (χ0) is 14.4. The summed E-state index contributed by atoms with van der Waals surface area (Å²) < 4.78 is 5.48. The molecular weight excluding hydrogens is 248 g/mol. The fourth-order valence-corrected chi connectivity index (χ4v) is 6.02. The van der Waals surface area contributed by atoms with E-state index in [1.807, 2.05) is 7.11 Å². The minimum absolute atomic E-state index is 0.0213. The molecule has 3 fully saturated rings. The number of hydrogen-bond donors (Lipinski definition) is 1. The largest absolute Gasteiger partial charge is 0.393 e. The summed E-state index contributed by atoms with van der Waals surface area (Å²) in [6, 6.07) is 0. The number of aliphatic hydroxyl groups excluding tert-OH is 1. The molecule has 3 rings (SSSR count). The minimum Gasteiger partial charge on any atom is -0.393 e. The Balaban J connectivity index is 1.75. The predicted molar refractivity (Wildman–Crippen MR) is 81.5 cm³/mol. The van der Waals surface area contributed by atoms with Crippen molar-refractivity contribution in [1.29, 1.82) is 0 Å². The summed E-state index contributed by atoms with van der Waals surface area (Å²) in [6.45, 7) is 5.89. The lowest BCUT2D eigenvalue weighted by Gasteiger charge is -2.58. The Labute approximate surface area is 124 Å². The van der Waals surface area contributed by atoms with Gasteiger partial charge in [0.1, 0.15) is 0 Å². The lowest BCUT2D eigenvalue weighted by molar-refractivity contribution is -0.109. The van der Waals surface area contributed by atoms with E-state index in [2.05, 4.69) is 13.8 Å². The van der Waals surface area contributed by atoms with E-state index in [9.17, 15) is 5.11 Å². The number of methoxy groups -OCH3 is 1. The number of rotatable bonds is 2. The quantitative estimate of drug-likeness (QED) is 0.828. The first-order chi connectivity index (χ1) is 9.47. The van der Waals surface area contributed by atoms with E-state index in [4.69, 9.17) is 4.74 Å². The van der Waals surface area contributed by atoms with Gasteiger partial charge in [-0.05, 0) is 80.0 Å². The highest BCUT2D eigenvalue weighted by atomic mass is 16.5. The molecule has 3 aliphatic rings. The first kappa shape index (κ1) is 14.8. The summed E-state index contributed by atoms with van der Waals surface area (Å²) in [6.07, 6.45) is 10.1. The lowest BCUT2D eigenvalue weighted by atomic mass is 9.47. The maximum absolute atomic E-state index is 10.00. The van der Waals surface area contributed by atoms with Gasteiger partial charge in [-0.3, -0.25) is 0 Å². The van der Waals surface area contributed by atoms with Crippen molar-refractivity contribution in [3.8, 4) is 0 Å². The van der Waals surface area contributed by atoms with Crippen molar-refractivity contribution in [3.05, 3.63) is 0 Å². The second-order valence-corrected chi connectivity index (χ2v) is 8.56. The van der Waals surface area contributed by atoms with E-state index in [0.717, 1.165) is 37.2 Å². The Morgan fingerprint density at radius 2 is 1.90 bits per heavy atom. The Morgan fingerprint density at radius 3 is 2.65 bits per heavy atom. The van der Waals surface area contributed by atoms with Crippen molar-refractivity contribution in [1.82, 2.24) is 0 Å². The van der Waals surface area contributed by atoms with Crippen LogP contribution in [-0.2, 0) is 4.74 Å². The predicted octanol–water partition coefficient (Wildman–Crippen LogP) is 4.02. The normalized spacial score (nSPS) is 52.2. The fourth-order valence-electron chi connectivity index (χ4n) is 6.02. The number of aliphatic hydroxyl groups is 1. The van der Waals surface area contributed by atoms with E-state index in [1.54, 1.807) is 0 Å². The van der Waals surface area contributed by atoms with Crippen LogP contribution >= 0.6 is 0 Å². The molecule has 0 aromatic rings. The Bertz CT molecular complexity index is 355. The second-order valence-electron chi connectivity index (χ2n) is 8.56. The number of fused-ring (bicyclic) bond motifs is 3. The van der Waals surface area contributed by atoms with Crippen LogP contribution in [0.15, 0.2) is 0 Å². The standard InChI is InChI=1S/C18H32O2/c1-17(12-20-3)8-7-16-13(11-17)4-5-14-10-15(19)6-9-18(14,16)2/h13-16,19H,4-12H2,1-3H3/t13-,14+,15+,16-,17-,18-/m0/s1. The van der Waals surface area contributed by atoms with Crippen LogP contribution in [0.1, 0.15) is 65.2 Å². The summed E-state index contributed by atoms with van der Waals surface area (Å²) >= 11 is 0. The van der Waals surface area contributed by atoms with Gasteiger partial charge in [0.2, 0.25) is 0 Å². The SMILES string of the molecule is COC[C@@]1(C)CC[C@H]2[C@@H](CC[C@@H]3C[C@H](O)CC[C@@]32C)C1. The molecule has 2 nitrogen and oxygen atoms in total. The monoisotopic (exact) mass is 280 g/mol. The van der Waals surface area contributed by atoms with Crippen LogP contribution < -0.4 is 0 Å². The van der Waals surface area contributed by atoms with Crippen LogP contribution in [0.25, 0.3) is 0 Å². The highest BCUT2D eigenvalue weighted by molar-refractivity contribution is 5.03. The zero-order valence-corrected chi connectivity index (χ0v) is 13.5. The Morgan fingerprint density at radius 1 is 1.10 bits per heavy atom. The van der Waals surface area contributed by atoms with Crippen LogP contribution in [0, 0.1) is 28.6 Å². The molecule has 0 unspecified atom stereocenters. The van der Waals surface area contributed by atoms with Crippen molar-refractivity contribution >= 4 is 0 Å². The smallest absolute Gasteiger partial charge is 0.0543 e. The summed E-state index contributed by atoms with van der Waals surface area (Å²) in [7, 11) is 1.85. The molecule has 0 saturated heterocycles. The third kappa shape index (κ3) is 2.43. The van der Waals surface area contributed by atoms with E-state index >= 15 is 0 Å². The Kier molecular flexibility index (Phi) is 3.92. The van der Waals surface area contributed by atoms with Gasteiger partial charge in [0.25, 0.3) is 0 Å². The Hall–Kier alpha value is -0.0800. The summed E-state index contributed by atoms with van der Waals surface area (Å²) in [4.78, 5) is 0. The van der Waals surface area contributed by atoms with Gasteiger partial charge in [0.05, 0.1) is 12.7 Å². The van der Waals surface area contributed by atoms with Crippen LogP contribution in [-0.4, -0.2) is 24.9 Å². The van der Waals surface area contributed by atoms with E-state index in [0.29, 0.717) is 10.8 Å². The van der Waals surface area contributed by atoms with Gasteiger partial charge in [-0.1, -0.05) is 13.8 Å². The fraction of sp³-hybridized carbons (Fsp3) is 1.00. The van der Waals surface area contributed by atoms with Gasteiger partial charge in [-0.25, -0.2) is 0 Å². The molecule has 0 aliphatic heterocycles. The highest BCUT2D eigenvalue weighted by Gasteiger charge is 2.53. The molecule has 3 saturated carbocycles. The average Bonchev–Trinajstić information content (AvgIpc) is 2.39. The zero-order valence-electron chi connectivity index (χ0n) is 13.5. The van der Waals surface area contributed by atoms with Gasteiger partial charge >= 0.3 is 0 Å². The molecule has 116 valence electrons. The average molecular weight is 280 g/mol. The minimum atomic E-state index is -0.0213. The van der Waals surface area contributed by atoms with E-state index in [1.165, 1.54) is 38.5 Å². The maximum Gasteiger partial charge on any atom is 0.0543 e. The molecule has 0 aromatic heterocycles. The molecule has 3 aliphatic carbocycles. The molecule has 0 heterocycles. The van der Waals surface area contributed by atoms with Crippen molar-refractivity contribution in [2.75, 3.05) is 13.7 Å². The molecule has 1 N–H and O–H groups in total. The van der Waals surface area contributed by atoms with Crippen LogP contribution in [0.4, 0.5) is 0 Å². The van der Waals surface area contributed by atoms with Crippen LogP contribution in [0.2, 0.25) is 0 Å². The summed E-state index contributed by atoms with van der Waals surface area (Å²) in [5.74, 6) is 2.58. The first-order valence-corrected chi connectivity index (χ1v) is 8.64. The number of hydrogen-bond acceptors (Lipinski definition) is 2. The summed E-state index contributed by atoms with van der Waals surface area (Å²) in [5, 5.41) is 10.00. The molecule has 0 radical (unpaired) electrons. The van der Waals surface area contributed by atoms with Gasteiger partial charge in [0, 0.05) is 7.11 Å². The first-order valence-electron chi connectivity index (χ1n) is 8.64. The van der Waals surface area contributed by atoms with Gasteiger partial charge in [-0.15, -0.1) is 0 Å². The van der Waals surface area contributed by atoms with Crippen molar-refractivity contribution in [2.45, 2.75) is 71.3 Å². The molecule has 0 spiro atoms. The molecule has 0 bridgehead atoms. The van der Waals surface area contributed by atoms with E-state index in [-0.39, 0.29) is 6.10 Å². The molecule has 2 heteroatoms. The highest BCUT2D eigenvalue weighted by Crippen LogP contribution is 2.61. The molecule has 6 atom stereocenters. The van der Waals surface area contributed by atoms with Gasteiger partial charge in [0.15, 0.2) is 0 Å². The second kappa shape index (κ2) is 5.28. The van der Waals surface area contributed by atoms with Crippen molar-refractivity contribution in [2.24, 2.45) is 28.6 Å². The number of ether oxygens (including phenoxy) is 1. The third-order valence-corrected chi connectivity index (χ3v) is 7.11.